The molecule has 0 radical (unpaired) electrons. The third-order valence-corrected chi connectivity index (χ3v) is 4.92. The highest BCUT2D eigenvalue weighted by molar-refractivity contribution is 6.39. The number of non-ortho nitro benzene ring substituents is 1. The van der Waals surface area contributed by atoms with E-state index in [1.165, 1.54) is 25.3 Å². The molecule has 3 rings (SSSR count). The molecule has 2 aromatic carbocycles. The molecule has 10 nitrogen and oxygen atoms in total. The molecule has 1 saturated heterocycles. The summed E-state index contributed by atoms with van der Waals surface area (Å²) in [5, 5.41) is 13.0. The second-order valence-electron chi connectivity index (χ2n) is 7.28. The van der Waals surface area contributed by atoms with E-state index < -0.39 is 22.8 Å². The van der Waals surface area contributed by atoms with Crippen molar-refractivity contribution < 1.29 is 28.8 Å². The predicted molar refractivity (Wildman–Crippen MR) is 125 cm³/mol. The smallest absolute Gasteiger partial charge is 0.335 e. The van der Waals surface area contributed by atoms with E-state index in [0.29, 0.717) is 30.1 Å². The van der Waals surface area contributed by atoms with Crippen LogP contribution in [-0.4, -0.2) is 36.5 Å². The minimum atomic E-state index is -0.950. The summed E-state index contributed by atoms with van der Waals surface area (Å²) in [6.07, 6.45) is 4.29. The number of carbonyl (C=O) groups excluding carboxylic acids is 3. The van der Waals surface area contributed by atoms with Gasteiger partial charge in [0.05, 0.1) is 24.3 Å². The summed E-state index contributed by atoms with van der Waals surface area (Å²) >= 11 is 0. The Labute approximate surface area is 195 Å². The number of hydrogen-bond donors (Lipinski definition) is 1. The molecule has 1 heterocycles. The van der Waals surface area contributed by atoms with Gasteiger partial charge < -0.3 is 9.47 Å². The van der Waals surface area contributed by atoms with E-state index in [9.17, 15) is 24.5 Å². The molecule has 0 aromatic heterocycles. The third kappa shape index (κ3) is 4.96. The number of rotatable bonds is 9. The van der Waals surface area contributed by atoms with Gasteiger partial charge in [0.1, 0.15) is 5.57 Å². The Morgan fingerprint density at radius 2 is 1.88 bits per heavy atom. The first-order valence-corrected chi connectivity index (χ1v) is 10.4. The molecule has 34 heavy (non-hydrogen) atoms. The van der Waals surface area contributed by atoms with Gasteiger partial charge in [-0.05, 0) is 48.7 Å². The second kappa shape index (κ2) is 10.4. The fraction of sp³-hybridized carbons (Fsp3) is 0.208. The van der Waals surface area contributed by atoms with E-state index in [2.05, 4.69) is 11.9 Å². The molecule has 0 saturated carbocycles. The van der Waals surface area contributed by atoms with Crippen molar-refractivity contribution in [2.24, 2.45) is 0 Å². The number of nitro benzene ring substituents is 1. The molecular weight excluding hydrogens is 442 g/mol. The van der Waals surface area contributed by atoms with Gasteiger partial charge >= 0.3 is 6.03 Å². The summed E-state index contributed by atoms with van der Waals surface area (Å²) in [4.78, 5) is 49.0. The average Bonchev–Trinajstić information content (AvgIpc) is 2.81. The van der Waals surface area contributed by atoms with Crippen LogP contribution in [0.3, 0.4) is 0 Å². The van der Waals surface area contributed by atoms with Crippen molar-refractivity contribution in [1.82, 2.24) is 5.32 Å². The third-order valence-electron chi connectivity index (χ3n) is 4.92. The molecule has 1 N–H and O–H groups in total. The Bertz CT molecular complexity index is 1190. The number of imide groups is 2. The molecule has 0 unspecified atom stereocenters. The lowest BCUT2D eigenvalue weighted by molar-refractivity contribution is -0.384. The average molecular weight is 465 g/mol. The minimum Gasteiger partial charge on any atom is -0.493 e. The second-order valence-corrected chi connectivity index (χ2v) is 7.28. The van der Waals surface area contributed by atoms with Crippen LogP contribution in [0.1, 0.15) is 24.5 Å². The van der Waals surface area contributed by atoms with Gasteiger partial charge in [-0.3, -0.25) is 25.0 Å². The zero-order valence-electron chi connectivity index (χ0n) is 18.7. The molecule has 0 atom stereocenters. The lowest BCUT2D eigenvalue weighted by Crippen LogP contribution is -2.54. The van der Waals surface area contributed by atoms with Crippen LogP contribution in [0, 0.1) is 10.1 Å². The number of nitrogens with zero attached hydrogens (tertiary/aromatic N) is 2. The highest BCUT2D eigenvalue weighted by atomic mass is 16.6. The van der Waals surface area contributed by atoms with Crippen LogP contribution in [0.4, 0.5) is 16.2 Å². The summed E-state index contributed by atoms with van der Waals surface area (Å²) in [5.74, 6) is -0.748. The Morgan fingerprint density at radius 1 is 1.18 bits per heavy atom. The van der Waals surface area contributed by atoms with E-state index >= 15 is 0 Å². The molecule has 1 aliphatic heterocycles. The molecule has 1 aliphatic rings. The molecule has 4 amide bonds. The molecule has 2 aromatic rings. The summed E-state index contributed by atoms with van der Waals surface area (Å²) in [5.41, 5.74) is 0.829. The fourth-order valence-corrected chi connectivity index (χ4v) is 3.38. The van der Waals surface area contributed by atoms with Gasteiger partial charge in [-0.2, -0.15) is 0 Å². The van der Waals surface area contributed by atoms with Crippen molar-refractivity contribution in [2.45, 2.75) is 19.8 Å². The number of nitro groups is 1. The van der Waals surface area contributed by atoms with Gasteiger partial charge in [-0.25, -0.2) is 9.69 Å². The van der Waals surface area contributed by atoms with Crippen molar-refractivity contribution in [3.63, 3.8) is 0 Å². The van der Waals surface area contributed by atoms with Crippen molar-refractivity contribution in [3.05, 3.63) is 75.9 Å². The quantitative estimate of drug-likeness (QED) is 0.196. The van der Waals surface area contributed by atoms with Gasteiger partial charge in [0.15, 0.2) is 11.5 Å². The van der Waals surface area contributed by atoms with Gasteiger partial charge in [0.25, 0.3) is 17.5 Å². The van der Waals surface area contributed by atoms with E-state index in [-0.39, 0.29) is 16.9 Å². The van der Waals surface area contributed by atoms with Gasteiger partial charge in [0, 0.05) is 17.7 Å². The Morgan fingerprint density at radius 3 is 2.47 bits per heavy atom. The SMILES string of the molecule is C=CCc1cc(/C=C2\C(=O)NC(=O)N(c3ccc([N+](=O)[O-])cc3)C2=O)cc(OC)c1OCCC. The number of carbonyl (C=O) groups is 3. The van der Waals surface area contributed by atoms with Crippen LogP contribution in [0.15, 0.2) is 54.6 Å². The van der Waals surface area contributed by atoms with Crippen LogP contribution in [0.2, 0.25) is 0 Å². The monoisotopic (exact) mass is 465 g/mol. The molecule has 0 aliphatic carbocycles. The number of anilines is 1. The largest absolute Gasteiger partial charge is 0.493 e. The van der Waals surface area contributed by atoms with Gasteiger partial charge in [-0.1, -0.05) is 13.0 Å². The fourth-order valence-electron chi connectivity index (χ4n) is 3.38. The number of amides is 4. The Hall–Kier alpha value is -4.47. The zero-order valence-corrected chi connectivity index (χ0v) is 18.7. The first-order valence-electron chi connectivity index (χ1n) is 10.4. The summed E-state index contributed by atoms with van der Waals surface area (Å²) in [6, 6.07) is 7.26. The number of barbiturate groups is 1. The van der Waals surface area contributed by atoms with Crippen LogP contribution in [-0.2, 0) is 16.0 Å². The molecule has 0 bridgehead atoms. The van der Waals surface area contributed by atoms with Crippen molar-refractivity contribution in [1.29, 1.82) is 0 Å². The maximum Gasteiger partial charge on any atom is 0.335 e. The number of ether oxygens (including phenoxy) is 2. The maximum atomic E-state index is 13.1. The van der Waals surface area contributed by atoms with E-state index in [4.69, 9.17) is 9.47 Å². The van der Waals surface area contributed by atoms with Gasteiger partial charge in [-0.15, -0.1) is 6.58 Å². The lowest BCUT2D eigenvalue weighted by atomic mass is 10.0. The summed E-state index contributed by atoms with van der Waals surface area (Å²) < 4.78 is 11.3. The Balaban J connectivity index is 2.03. The predicted octanol–water partition coefficient (Wildman–Crippen LogP) is 3.79. The molecular formula is C24H23N3O7. The number of methoxy groups -OCH3 is 1. The van der Waals surface area contributed by atoms with Crippen molar-refractivity contribution >= 4 is 35.3 Å². The topological polar surface area (TPSA) is 128 Å². The number of benzene rings is 2. The Kier molecular flexibility index (Phi) is 7.42. The minimum absolute atomic E-state index is 0.0831. The van der Waals surface area contributed by atoms with E-state index in [1.807, 2.05) is 6.92 Å². The van der Waals surface area contributed by atoms with Gasteiger partial charge in [0.2, 0.25) is 0 Å². The number of nitrogens with one attached hydrogen (secondary N) is 1. The van der Waals surface area contributed by atoms with E-state index in [1.54, 1.807) is 18.2 Å². The highest BCUT2D eigenvalue weighted by Gasteiger charge is 2.37. The van der Waals surface area contributed by atoms with Crippen LogP contribution >= 0.6 is 0 Å². The summed E-state index contributed by atoms with van der Waals surface area (Å²) in [6.45, 7) is 6.21. The number of allylic oxidation sites excluding steroid dienone is 1. The first kappa shape index (κ1) is 24.2. The normalized spacial score (nSPS) is 14.7. The molecule has 10 heteroatoms. The first-order chi connectivity index (χ1) is 16.3. The van der Waals surface area contributed by atoms with Crippen LogP contribution < -0.4 is 19.7 Å². The van der Waals surface area contributed by atoms with Crippen LogP contribution in [0.5, 0.6) is 11.5 Å². The molecule has 0 spiro atoms. The summed E-state index contributed by atoms with van der Waals surface area (Å²) in [7, 11) is 1.48. The number of urea groups is 1. The lowest BCUT2D eigenvalue weighted by Gasteiger charge is -2.26. The van der Waals surface area contributed by atoms with Crippen molar-refractivity contribution in [3.8, 4) is 11.5 Å². The number of hydrogen-bond acceptors (Lipinski definition) is 7. The van der Waals surface area contributed by atoms with E-state index in [0.717, 1.165) is 29.0 Å². The molecule has 176 valence electrons. The zero-order chi connectivity index (χ0) is 24.8. The maximum absolute atomic E-state index is 13.1. The van der Waals surface area contributed by atoms with Crippen LogP contribution in [0.25, 0.3) is 6.08 Å². The highest BCUT2D eigenvalue weighted by Crippen LogP contribution is 2.35. The van der Waals surface area contributed by atoms with Crippen molar-refractivity contribution in [2.75, 3.05) is 18.6 Å². The molecule has 1 fully saturated rings. The standard InChI is InChI=1S/C24H23N3O7/c1-4-6-16-12-15(14-20(33-3)21(16)34-11-5-2)13-19-22(28)25-24(30)26(23(19)29)17-7-9-18(10-8-17)27(31)32/h4,7-10,12-14H,1,5-6,11H2,2-3H3,(H,25,28,30)/b19-13+.